The van der Waals surface area contributed by atoms with Gasteiger partial charge in [0.05, 0.1) is 0 Å². The summed E-state index contributed by atoms with van der Waals surface area (Å²) in [5.41, 5.74) is 0. The second-order valence-corrected chi connectivity index (χ2v) is 4.10. The molecule has 0 spiro atoms. The lowest BCUT2D eigenvalue weighted by Gasteiger charge is -2.35. The summed E-state index contributed by atoms with van der Waals surface area (Å²) in [6.45, 7) is 3.53. The molecular weight excluding hydrogens is 256 g/mol. The van der Waals surface area contributed by atoms with Gasteiger partial charge in [-0.05, 0) is 6.08 Å². The van der Waals surface area contributed by atoms with Gasteiger partial charge in [-0.1, -0.05) is 6.08 Å². The smallest absolute Gasteiger partial charge is 0.303 e. The second-order valence-electron chi connectivity index (χ2n) is 4.10. The normalized spacial score (nSPS) is 29.5. The standard InChI is InChI=1S/C12H16O7/c1-6(13)17-10-5-4-9(16)11(18-7(2)14)12(10)19-8(3)15/h4-5,9-12,16H,1-3H3/t9-,10+,11-,12+/m1/s1. The monoisotopic (exact) mass is 272 g/mol. The second kappa shape index (κ2) is 6.33. The van der Waals surface area contributed by atoms with Crippen LogP contribution in [0, 0.1) is 0 Å². The van der Waals surface area contributed by atoms with Crippen molar-refractivity contribution in [2.75, 3.05) is 0 Å². The summed E-state index contributed by atoms with van der Waals surface area (Å²) >= 11 is 0. The average molecular weight is 272 g/mol. The minimum atomic E-state index is -1.14. The SMILES string of the molecule is CC(=O)O[C@@H]1[C@H](OC(C)=O)[C@H](O)C=C[C@@H]1OC(C)=O. The van der Waals surface area contributed by atoms with Crippen LogP contribution in [0.2, 0.25) is 0 Å². The van der Waals surface area contributed by atoms with Crippen LogP contribution in [-0.4, -0.2) is 47.4 Å². The van der Waals surface area contributed by atoms with Crippen LogP contribution in [0.15, 0.2) is 12.2 Å². The van der Waals surface area contributed by atoms with Gasteiger partial charge in [-0.15, -0.1) is 0 Å². The van der Waals surface area contributed by atoms with Crippen LogP contribution in [0.3, 0.4) is 0 Å². The molecule has 0 amide bonds. The van der Waals surface area contributed by atoms with Crippen molar-refractivity contribution < 1.29 is 33.7 Å². The Hall–Kier alpha value is -1.89. The third-order valence-corrected chi connectivity index (χ3v) is 2.39. The predicted molar refractivity (Wildman–Crippen MR) is 61.8 cm³/mol. The molecule has 1 aliphatic carbocycles. The van der Waals surface area contributed by atoms with E-state index in [1.165, 1.54) is 26.0 Å². The Bertz CT molecular complexity index is 401. The van der Waals surface area contributed by atoms with Crippen molar-refractivity contribution in [2.24, 2.45) is 0 Å². The van der Waals surface area contributed by atoms with Crippen LogP contribution >= 0.6 is 0 Å². The first-order valence-corrected chi connectivity index (χ1v) is 5.69. The van der Waals surface area contributed by atoms with E-state index in [0.717, 1.165) is 6.92 Å². The Labute approximate surface area is 110 Å². The minimum Gasteiger partial charge on any atom is -0.455 e. The number of hydrogen-bond acceptors (Lipinski definition) is 7. The van der Waals surface area contributed by atoms with Crippen LogP contribution < -0.4 is 0 Å². The van der Waals surface area contributed by atoms with Crippen molar-refractivity contribution in [3.05, 3.63) is 12.2 Å². The van der Waals surface area contributed by atoms with Crippen molar-refractivity contribution in [1.82, 2.24) is 0 Å². The van der Waals surface area contributed by atoms with Crippen LogP contribution in [-0.2, 0) is 28.6 Å². The molecule has 0 aromatic rings. The molecule has 7 heteroatoms. The lowest BCUT2D eigenvalue weighted by Crippen LogP contribution is -2.51. The molecule has 0 fully saturated rings. The first-order valence-electron chi connectivity index (χ1n) is 5.69. The van der Waals surface area contributed by atoms with Gasteiger partial charge in [0.25, 0.3) is 0 Å². The molecule has 0 saturated heterocycles. The van der Waals surface area contributed by atoms with Gasteiger partial charge in [0.1, 0.15) is 6.10 Å². The van der Waals surface area contributed by atoms with Gasteiger partial charge < -0.3 is 19.3 Å². The highest BCUT2D eigenvalue weighted by atomic mass is 16.6. The van der Waals surface area contributed by atoms with Crippen molar-refractivity contribution in [2.45, 2.75) is 45.2 Å². The van der Waals surface area contributed by atoms with E-state index >= 15 is 0 Å². The van der Waals surface area contributed by atoms with E-state index < -0.39 is 42.3 Å². The lowest BCUT2D eigenvalue weighted by atomic mass is 9.95. The molecule has 1 aliphatic rings. The summed E-state index contributed by atoms with van der Waals surface area (Å²) in [7, 11) is 0. The minimum absolute atomic E-state index is 0.579. The van der Waals surface area contributed by atoms with Gasteiger partial charge in [0.2, 0.25) is 0 Å². The number of aliphatic hydroxyl groups excluding tert-OH is 1. The maximum atomic E-state index is 11.1. The Balaban J connectivity index is 2.97. The van der Waals surface area contributed by atoms with E-state index in [0.29, 0.717) is 0 Å². The van der Waals surface area contributed by atoms with E-state index in [1.807, 2.05) is 0 Å². The molecule has 4 atom stereocenters. The van der Waals surface area contributed by atoms with Crippen molar-refractivity contribution in [3.8, 4) is 0 Å². The molecular formula is C12H16O7. The summed E-state index contributed by atoms with van der Waals surface area (Å²) in [6, 6.07) is 0. The molecule has 0 bridgehead atoms. The van der Waals surface area contributed by atoms with Gasteiger partial charge in [0.15, 0.2) is 18.3 Å². The Morgan fingerprint density at radius 2 is 1.32 bits per heavy atom. The molecule has 106 valence electrons. The zero-order chi connectivity index (χ0) is 14.6. The predicted octanol–water partition coefficient (Wildman–Crippen LogP) is -0.288. The largest absolute Gasteiger partial charge is 0.455 e. The summed E-state index contributed by atoms with van der Waals surface area (Å²) in [5, 5.41) is 9.76. The third kappa shape index (κ3) is 4.36. The number of hydrogen-bond donors (Lipinski definition) is 1. The fourth-order valence-corrected chi connectivity index (χ4v) is 1.78. The zero-order valence-corrected chi connectivity index (χ0v) is 10.9. The molecule has 0 saturated carbocycles. The van der Waals surface area contributed by atoms with Crippen LogP contribution in [0.5, 0.6) is 0 Å². The van der Waals surface area contributed by atoms with E-state index in [2.05, 4.69) is 0 Å². The molecule has 1 N–H and O–H groups in total. The Morgan fingerprint density at radius 3 is 1.79 bits per heavy atom. The van der Waals surface area contributed by atoms with Crippen LogP contribution in [0.25, 0.3) is 0 Å². The molecule has 19 heavy (non-hydrogen) atoms. The number of rotatable bonds is 3. The number of carbonyl (C=O) groups is 3. The fraction of sp³-hybridized carbons (Fsp3) is 0.583. The van der Waals surface area contributed by atoms with Crippen molar-refractivity contribution in [1.29, 1.82) is 0 Å². The fourth-order valence-electron chi connectivity index (χ4n) is 1.78. The highest BCUT2D eigenvalue weighted by Crippen LogP contribution is 2.23. The quantitative estimate of drug-likeness (QED) is 0.428. The van der Waals surface area contributed by atoms with Gasteiger partial charge >= 0.3 is 17.9 Å². The zero-order valence-electron chi connectivity index (χ0n) is 10.9. The van der Waals surface area contributed by atoms with Crippen molar-refractivity contribution >= 4 is 17.9 Å². The lowest BCUT2D eigenvalue weighted by molar-refractivity contribution is -0.188. The summed E-state index contributed by atoms with van der Waals surface area (Å²) in [4.78, 5) is 33.1. The van der Waals surface area contributed by atoms with Gasteiger partial charge in [-0.3, -0.25) is 14.4 Å². The van der Waals surface area contributed by atoms with Gasteiger partial charge in [0, 0.05) is 20.8 Å². The molecule has 0 unspecified atom stereocenters. The van der Waals surface area contributed by atoms with Crippen molar-refractivity contribution in [3.63, 3.8) is 0 Å². The highest BCUT2D eigenvalue weighted by molar-refractivity contribution is 5.68. The molecule has 0 aromatic heterocycles. The Kier molecular flexibility index (Phi) is 5.05. The van der Waals surface area contributed by atoms with Crippen LogP contribution in [0.1, 0.15) is 20.8 Å². The molecule has 0 heterocycles. The van der Waals surface area contributed by atoms with Gasteiger partial charge in [-0.25, -0.2) is 0 Å². The maximum absolute atomic E-state index is 11.1. The number of aliphatic hydroxyl groups is 1. The summed E-state index contributed by atoms with van der Waals surface area (Å²) in [6.07, 6.45) is -1.53. The van der Waals surface area contributed by atoms with E-state index in [1.54, 1.807) is 0 Å². The Morgan fingerprint density at radius 1 is 0.842 bits per heavy atom. The van der Waals surface area contributed by atoms with E-state index in [-0.39, 0.29) is 0 Å². The number of carbonyl (C=O) groups excluding carboxylic acids is 3. The maximum Gasteiger partial charge on any atom is 0.303 e. The molecule has 7 nitrogen and oxygen atoms in total. The highest BCUT2D eigenvalue weighted by Gasteiger charge is 2.42. The topological polar surface area (TPSA) is 99.1 Å². The molecule has 0 aromatic carbocycles. The third-order valence-electron chi connectivity index (χ3n) is 2.39. The average Bonchev–Trinajstić information content (AvgIpc) is 2.25. The summed E-state index contributed by atoms with van der Waals surface area (Å²) < 4.78 is 14.9. The molecule has 0 aliphatic heterocycles. The first-order chi connectivity index (χ1) is 8.81. The van der Waals surface area contributed by atoms with E-state index in [9.17, 15) is 19.5 Å². The molecule has 1 rings (SSSR count). The summed E-state index contributed by atoms with van der Waals surface area (Å²) in [5.74, 6) is -1.86. The number of esters is 3. The first kappa shape index (κ1) is 15.2. The van der Waals surface area contributed by atoms with Gasteiger partial charge in [-0.2, -0.15) is 0 Å². The van der Waals surface area contributed by atoms with Crippen LogP contribution in [0.4, 0.5) is 0 Å². The molecule has 0 radical (unpaired) electrons. The van der Waals surface area contributed by atoms with E-state index in [4.69, 9.17) is 14.2 Å². The number of ether oxygens (including phenoxy) is 3.